The Kier molecular flexibility index (Phi) is 4.80. The molecule has 0 unspecified atom stereocenters. The SMILES string of the molecule is Cc1cc(C)c(C(N)=S)c(NC(C)(C)CC(C)(C)C)n1. The maximum atomic E-state index is 5.86. The Hall–Kier alpha value is -1.16. The van der Waals surface area contributed by atoms with Gasteiger partial charge in [0.05, 0.1) is 5.56 Å². The highest BCUT2D eigenvalue weighted by Crippen LogP contribution is 2.30. The molecular formula is C16H27N3S. The van der Waals surface area contributed by atoms with Crippen LogP contribution in [0.3, 0.4) is 0 Å². The molecule has 0 radical (unpaired) electrons. The number of hydrogen-bond donors (Lipinski definition) is 2. The van der Waals surface area contributed by atoms with Crippen LogP contribution < -0.4 is 11.1 Å². The molecule has 112 valence electrons. The number of pyridine rings is 1. The molecule has 0 saturated carbocycles. The van der Waals surface area contributed by atoms with Crippen LogP contribution in [0.2, 0.25) is 0 Å². The number of hydrogen-bond acceptors (Lipinski definition) is 3. The van der Waals surface area contributed by atoms with Gasteiger partial charge in [-0.25, -0.2) is 4.98 Å². The monoisotopic (exact) mass is 293 g/mol. The van der Waals surface area contributed by atoms with Gasteiger partial charge >= 0.3 is 0 Å². The van der Waals surface area contributed by atoms with E-state index >= 15 is 0 Å². The van der Waals surface area contributed by atoms with Gasteiger partial charge in [0.25, 0.3) is 0 Å². The predicted molar refractivity (Wildman–Crippen MR) is 91.4 cm³/mol. The molecule has 1 rings (SSSR count). The minimum atomic E-state index is -0.0784. The Morgan fingerprint density at radius 3 is 2.25 bits per heavy atom. The van der Waals surface area contributed by atoms with Gasteiger partial charge < -0.3 is 11.1 Å². The summed E-state index contributed by atoms with van der Waals surface area (Å²) in [7, 11) is 0. The molecule has 0 aliphatic heterocycles. The van der Waals surface area contributed by atoms with E-state index in [0.717, 1.165) is 29.1 Å². The van der Waals surface area contributed by atoms with Gasteiger partial charge in [-0.15, -0.1) is 0 Å². The topological polar surface area (TPSA) is 50.9 Å². The summed E-state index contributed by atoms with van der Waals surface area (Å²) in [5.41, 5.74) is 8.91. The van der Waals surface area contributed by atoms with Crippen LogP contribution in [-0.4, -0.2) is 15.5 Å². The van der Waals surface area contributed by atoms with E-state index in [1.165, 1.54) is 0 Å². The first-order valence-electron chi connectivity index (χ1n) is 6.97. The smallest absolute Gasteiger partial charge is 0.137 e. The van der Waals surface area contributed by atoms with Gasteiger partial charge in [-0.05, 0) is 51.2 Å². The fraction of sp³-hybridized carbons (Fsp3) is 0.625. The lowest BCUT2D eigenvalue weighted by molar-refractivity contribution is 0.302. The third-order valence-corrected chi connectivity index (χ3v) is 3.22. The van der Waals surface area contributed by atoms with E-state index in [9.17, 15) is 0 Å². The van der Waals surface area contributed by atoms with Gasteiger partial charge in [-0.1, -0.05) is 33.0 Å². The highest BCUT2D eigenvalue weighted by Gasteiger charge is 2.27. The third-order valence-electron chi connectivity index (χ3n) is 3.02. The summed E-state index contributed by atoms with van der Waals surface area (Å²) >= 11 is 5.18. The summed E-state index contributed by atoms with van der Waals surface area (Å²) in [5, 5.41) is 3.53. The number of rotatable bonds is 4. The number of nitrogens with zero attached hydrogens (tertiary/aromatic N) is 1. The molecule has 0 amide bonds. The van der Waals surface area contributed by atoms with Crippen molar-refractivity contribution in [1.29, 1.82) is 0 Å². The Morgan fingerprint density at radius 2 is 1.80 bits per heavy atom. The first-order valence-corrected chi connectivity index (χ1v) is 7.38. The second kappa shape index (κ2) is 5.68. The molecular weight excluding hydrogens is 266 g/mol. The number of nitrogens with one attached hydrogen (secondary N) is 1. The lowest BCUT2D eigenvalue weighted by atomic mass is 9.81. The fourth-order valence-corrected chi connectivity index (χ4v) is 3.19. The predicted octanol–water partition coefficient (Wildman–Crippen LogP) is 3.96. The molecule has 1 heterocycles. The number of aromatic nitrogens is 1. The van der Waals surface area contributed by atoms with Gasteiger partial charge in [-0.2, -0.15) is 0 Å². The Balaban J connectivity index is 3.17. The van der Waals surface area contributed by atoms with Crippen LogP contribution in [0.4, 0.5) is 5.82 Å². The van der Waals surface area contributed by atoms with Crippen LogP contribution in [0.5, 0.6) is 0 Å². The maximum Gasteiger partial charge on any atom is 0.137 e. The summed E-state index contributed by atoms with van der Waals surface area (Å²) in [5.74, 6) is 0.796. The molecule has 0 spiro atoms. The highest BCUT2D eigenvalue weighted by atomic mass is 32.1. The van der Waals surface area contributed by atoms with Crippen LogP contribution in [0.1, 0.15) is 57.9 Å². The van der Waals surface area contributed by atoms with Crippen molar-refractivity contribution in [2.75, 3.05) is 5.32 Å². The fourth-order valence-electron chi connectivity index (χ4n) is 2.93. The van der Waals surface area contributed by atoms with Crippen molar-refractivity contribution in [3.63, 3.8) is 0 Å². The van der Waals surface area contributed by atoms with E-state index < -0.39 is 0 Å². The molecule has 0 bridgehead atoms. The average Bonchev–Trinajstić information content (AvgIpc) is 2.08. The van der Waals surface area contributed by atoms with Gasteiger partial charge in [0.1, 0.15) is 10.8 Å². The molecule has 4 heteroatoms. The third kappa shape index (κ3) is 4.75. The Labute approximate surface area is 128 Å². The van der Waals surface area contributed by atoms with Crippen LogP contribution in [0.15, 0.2) is 6.07 Å². The average molecular weight is 293 g/mol. The molecule has 3 N–H and O–H groups in total. The van der Waals surface area contributed by atoms with Crippen molar-refractivity contribution in [3.8, 4) is 0 Å². The van der Waals surface area contributed by atoms with Crippen molar-refractivity contribution >= 4 is 23.0 Å². The number of thiocarbonyl (C=S) groups is 1. The number of nitrogens with two attached hydrogens (primary N) is 1. The molecule has 0 aliphatic rings. The van der Waals surface area contributed by atoms with E-state index in [1.54, 1.807) is 0 Å². The zero-order valence-electron chi connectivity index (χ0n) is 13.7. The molecule has 1 aromatic rings. The van der Waals surface area contributed by atoms with Crippen LogP contribution in [0, 0.1) is 19.3 Å². The first-order chi connectivity index (χ1) is 8.91. The van der Waals surface area contributed by atoms with Crippen molar-refractivity contribution < 1.29 is 0 Å². The number of anilines is 1. The minimum absolute atomic E-state index is 0.0784. The lowest BCUT2D eigenvalue weighted by Gasteiger charge is -2.34. The summed E-state index contributed by atoms with van der Waals surface area (Å²) in [6.45, 7) is 15.1. The van der Waals surface area contributed by atoms with Gasteiger partial charge in [-0.3, -0.25) is 0 Å². The summed E-state index contributed by atoms with van der Waals surface area (Å²) in [6.07, 6.45) is 1.02. The van der Waals surface area contributed by atoms with Gasteiger partial charge in [0, 0.05) is 11.2 Å². The number of aryl methyl sites for hydroxylation is 2. The first kappa shape index (κ1) is 16.9. The second-order valence-corrected chi connectivity index (χ2v) is 7.85. The van der Waals surface area contributed by atoms with Crippen molar-refractivity contribution in [2.24, 2.45) is 11.1 Å². The molecule has 3 nitrogen and oxygen atoms in total. The van der Waals surface area contributed by atoms with Gasteiger partial charge in [0.2, 0.25) is 0 Å². The van der Waals surface area contributed by atoms with Crippen molar-refractivity contribution in [1.82, 2.24) is 4.98 Å². The Morgan fingerprint density at radius 1 is 1.25 bits per heavy atom. The zero-order valence-corrected chi connectivity index (χ0v) is 14.5. The van der Waals surface area contributed by atoms with Gasteiger partial charge in [0.15, 0.2) is 0 Å². The van der Waals surface area contributed by atoms with E-state index in [-0.39, 0.29) is 11.0 Å². The summed E-state index contributed by atoms with van der Waals surface area (Å²) < 4.78 is 0. The summed E-state index contributed by atoms with van der Waals surface area (Å²) in [4.78, 5) is 4.98. The molecule has 0 saturated heterocycles. The van der Waals surface area contributed by atoms with Crippen LogP contribution in [0.25, 0.3) is 0 Å². The lowest BCUT2D eigenvalue weighted by Crippen LogP contribution is -2.36. The quantitative estimate of drug-likeness (QED) is 0.825. The van der Waals surface area contributed by atoms with E-state index in [4.69, 9.17) is 18.0 Å². The summed E-state index contributed by atoms with van der Waals surface area (Å²) in [6, 6.07) is 2.01. The molecule has 0 fully saturated rings. The normalized spacial score (nSPS) is 12.3. The van der Waals surface area contributed by atoms with E-state index in [2.05, 4.69) is 44.9 Å². The highest BCUT2D eigenvalue weighted by molar-refractivity contribution is 7.80. The molecule has 0 aliphatic carbocycles. The molecule has 0 atom stereocenters. The maximum absolute atomic E-state index is 5.86. The van der Waals surface area contributed by atoms with Crippen molar-refractivity contribution in [3.05, 3.63) is 22.9 Å². The van der Waals surface area contributed by atoms with E-state index in [0.29, 0.717) is 4.99 Å². The second-order valence-electron chi connectivity index (χ2n) is 7.41. The zero-order chi connectivity index (χ0) is 15.7. The standard InChI is InChI=1S/C16H27N3S/c1-10-8-11(2)18-14(12(10)13(17)20)19-16(6,7)9-15(3,4)5/h8H,9H2,1-7H3,(H2,17,20)(H,18,19). The molecule has 1 aromatic heterocycles. The minimum Gasteiger partial charge on any atom is -0.389 e. The van der Waals surface area contributed by atoms with Crippen LogP contribution >= 0.6 is 12.2 Å². The Bertz CT molecular complexity index is 513. The molecule has 0 aromatic carbocycles. The molecule has 20 heavy (non-hydrogen) atoms. The largest absolute Gasteiger partial charge is 0.389 e. The van der Waals surface area contributed by atoms with E-state index in [1.807, 2.05) is 19.9 Å². The van der Waals surface area contributed by atoms with Crippen LogP contribution in [-0.2, 0) is 0 Å². The van der Waals surface area contributed by atoms with Crippen molar-refractivity contribution in [2.45, 2.75) is 60.4 Å².